The number of allylic oxidation sites excluding steroid dienone is 2. The van der Waals surface area contributed by atoms with Gasteiger partial charge in [0.25, 0.3) is 0 Å². The molecule has 0 aliphatic heterocycles. The molecule has 58 valence electrons. The summed E-state index contributed by atoms with van der Waals surface area (Å²) in [5.74, 6) is 0.0850. The predicted molar refractivity (Wildman–Crippen MR) is 48.2 cm³/mol. The highest BCUT2D eigenvalue weighted by Gasteiger charge is 2.13. The highest BCUT2D eigenvalue weighted by Crippen LogP contribution is 2.30. The Balaban J connectivity index is 4.35. The van der Waals surface area contributed by atoms with Crippen molar-refractivity contribution in [2.24, 2.45) is 5.41 Å². The van der Waals surface area contributed by atoms with Crippen LogP contribution < -0.4 is 0 Å². The summed E-state index contributed by atoms with van der Waals surface area (Å²) in [6.45, 7) is 9.51. The minimum Gasteiger partial charge on any atom is -0.509 e. The van der Waals surface area contributed by atoms with Gasteiger partial charge in [0.15, 0.2) is 0 Å². The topological polar surface area (TPSA) is 20.2 Å². The normalized spacial score (nSPS) is 13.4. The van der Waals surface area contributed by atoms with Gasteiger partial charge in [0, 0.05) is 4.48 Å². The molecule has 2 heteroatoms. The molecule has 0 aromatic rings. The van der Waals surface area contributed by atoms with Crippen molar-refractivity contribution in [3.63, 3.8) is 0 Å². The van der Waals surface area contributed by atoms with Gasteiger partial charge in [0.1, 0.15) is 5.76 Å². The number of halogens is 1. The summed E-state index contributed by atoms with van der Waals surface area (Å²) in [6, 6.07) is 0. The summed E-state index contributed by atoms with van der Waals surface area (Å²) in [5, 5.41) is 8.79. The van der Waals surface area contributed by atoms with Crippen LogP contribution in [0, 0.1) is 5.41 Å². The number of rotatable bonds is 1. The molecular weight excluding hydrogens is 192 g/mol. The van der Waals surface area contributed by atoms with Crippen molar-refractivity contribution in [2.45, 2.75) is 20.8 Å². The van der Waals surface area contributed by atoms with Crippen LogP contribution in [-0.2, 0) is 0 Å². The molecule has 0 radical (unpaired) electrons. The zero-order chi connectivity index (χ0) is 8.36. The van der Waals surface area contributed by atoms with Crippen LogP contribution in [0.3, 0.4) is 0 Å². The molecule has 0 heterocycles. The number of hydrogen-bond acceptors (Lipinski definition) is 1. The summed E-state index contributed by atoms with van der Waals surface area (Å²) in [5.41, 5.74) is 0.0473. The van der Waals surface area contributed by atoms with E-state index >= 15 is 0 Å². The zero-order valence-corrected chi connectivity index (χ0v) is 8.20. The molecule has 0 bridgehead atoms. The van der Waals surface area contributed by atoms with Gasteiger partial charge in [-0.3, -0.25) is 0 Å². The van der Waals surface area contributed by atoms with Crippen LogP contribution in [0.25, 0.3) is 0 Å². The summed E-state index contributed by atoms with van der Waals surface area (Å²) in [6.07, 6.45) is 1.61. The maximum atomic E-state index is 8.79. The quantitative estimate of drug-likeness (QED) is 0.513. The molecule has 0 rings (SSSR count). The van der Waals surface area contributed by atoms with E-state index in [1.54, 1.807) is 6.08 Å². The van der Waals surface area contributed by atoms with Crippen LogP contribution in [-0.4, -0.2) is 5.11 Å². The molecule has 0 aromatic carbocycles. The Morgan fingerprint density at radius 2 is 1.90 bits per heavy atom. The van der Waals surface area contributed by atoms with E-state index in [4.69, 9.17) is 5.11 Å². The Labute approximate surface area is 70.6 Å². The van der Waals surface area contributed by atoms with Crippen molar-refractivity contribution >= 4 is 15.9 Å². The molecule has 1 nitrogen and oxygen atoms in total. The lowest BCUT2D eigenvalue weighted by molar-refractivity contribution is 0.431. The molecule has 0 amide bonds. The summed E-state index contributed by atoms with van der Waals surface area (Å²) in [7, 11) is 0. The van der Waals surface area contributed by atoms with Crippen molar-refractivity contribution < 1.29 is 5.11 Å². The van der Waals surface area contributed by atoms with Gasteiger partial charge in [-0.15, -0.1) is 0 Å². The highest BCUT2D eigenvalue weighted by molar-refractivity contribution is 9.11. The van der Waals surface area contributed by atoms with E-state index in [2.05, 4.69) is 43.3 Å². The second-order valence-corrected chi connectivity index (χ2v) is 4.09. The minimum atomic E-state index is 0.0473. The first-order valence-corrected chi connectivity index (χ1v) is 3.89. The Hall–Kier alpha value is -0.240. The van der Waals surface area contributed by atoms with E-state index in [9.17, 15) is 0 Å². The van der Waals surface area contributed by atoms with E-state index in [0.717, 1.165) is 4.48 Å². The van der Waals surface area contributed by atoms with E-state index in [-0.39, 0.29) is 11.2 Å². The van der Waals surface area contributed by atoms with Gasteiger partial charge in [-0.05, 0) is 11.5 Å². The molecule has 0 fully saturated rings. The van der Waals surface area contributed by atoms with Crippen molar-refractivity contribution in [1.29, 1.82) is 0 Å². The minimum absolute atomic E-state index is 0.0473. The first-order chi connectivity index (χ1) is 4.34. The van der Waals surface area contributed by atoms with Gasteiger partial charge in [-0.25, -0.2) is 0 Å². The smallest absolute Gasteiger partial charge is 0.109 e. The Kier molecular flexibility index (Phi) is 3.16. The Morgan fingerprint density at radius 1 is 1.50 bits per heavy atom. The van der Waals surface area contributed by atoms with Gasteiger partial charge in [-0.2, -0.15) is 0 Å². The molecule has 0 spiro atoms. The fourth-order valence-corrected chi connectivity index (χ4v) is 0.627. The largest absolute Gasteiger partial charge is 0.509 e. The average molecular weight is 205 g/mol. The van der Waals surface area contributed by atoms with Gasteiger partial charge in [0.05, 0.1) is 0 Å². The third-order valence-corrected chi connectivity index (χ3v) is 2.43. The van der Waals surface area contributed by atoms with Crippen molar-refractivity contribution in [3.05, 3.63) is 22.9 Å². The van der Waals surface area contributed by atoms with Gasteiger partial charge in [-0.1, -0.05) is 43.3 Å². The van der Waals surface area contributed by atoms with Gasteiger partial charge in [0.2, 0.25) is 0 Å². The fourth-order valence-electron chi connectivity index (χ4n) is 0.363. The van der Waals surface area contributed by atoms with Crippen molar-refractivity contribution in [2.75, 3.05) is 0 Å². The van der Waals surface area contributed by atoms with E-state index in [0.29, 0.717) is 0 Å². The van der Waals surface area contributed by atoms with Crippen LogP contribution >= 0.6 is 15.9 Å². The third kappa shape index (κ3) is 3.72. The monoisotopic (exact) mass is 204 g/mol. The average Bonchev–Trinajstić information content (AvgIpc) is 1.60. The molecule has 0 atom stereocenters. The van der Waals surface area contributed by atoms with Gasteiger partial charge >= 0.3 is 0 Å². The van der Waals surface area contributed by atoms with E-state index in [1.807, 2.05) is 0 Å². The SMILES string of the molecule is C=C(O)/C=C(/Br)C(C)(C)C. The van der Waals surface area contributed by atoms with Crippen molar-refractivity contribution in [1.82, 2.24) is 0 Å². The molecule has 10 heavy (non-hydrogen) atoms. The fraction of sp³-hybridized carbons (Fsp3) is 0.500. The highest BCUT2D eigenvalue weighted by atomic mass is 79.9. The maximum Gasteiger partial charge on any atom is 0.109 e. The molecule has 0 aliphatic carbocycles. The Morgan fingerprint density at radius 3 is 2.00 bits per heavy atom. The number of aliphatic hydroxyl groups excluding tert-OH is 1. The van der Waals surface area contributed by atoms with Gasteiger partial charge < -0.3 is 5.11 Å². The molecule has 0 aliphatic rings. The van der Waals surface area contributed by atoms with Crippen LogP contribution in [0.15, 0.2) is 22.9 Å². The first-order valence-electron chi connectivity index (χ1n) is 3.09. The van der Waals surface area contributed by atoms with Crippen LogP contribution in [0.2, 0.25) is 0 Å². The molecule has 1 N–H and O–H groups in total. The number of hydrogen-bond donors (Lipinski definition) is 1. The lowest BCUT2D eigenvalue weighted by Gasteiger charge is -2.16. The second kappa shape index (κ2) is 3.24. The lowest BCUT2D eigenvalue weighted by atomic mass is 9.96. The molecule has 0 saturated carbocycles. The summed E-state index contributed by atoms with van der Waals surface area (Å²) < 4.78 is 0.951. The molecule has 0 unspecified atom stereocenters. The molecular formula is C8H13BrO. The van der Waals surface area contributed by atoms with Crippen LogP contribution in [0.4, 0.5) is 0 Å². The zero-order valence-electron chi connectivity index (χ0n) is 6.61. The maximum absolute atomic E-state index is 8.79. The van der Waals surface area contributed by atoms with Crippen LogP contribution in [0.1, 0.15) is 20.8 Å². The van der Waals surface area contributed by atoms with E-state index in [1.165, 1.54) is 0 Å². The number of aliphatic hydroxyl groups is 1. The molecule has 0 aromatic heterocycles. The first kappa shape index (κ1) is 9.76. The van der Waals surface area contributed by atoms with Crippen LogP contribution in [0.5, 0.6) is 0 Å². The standard InChI is InChI=1S/C8H13BrO/c1-6(10)5-7(9)8(2,3)4/h5,10H,1H2,2-4H3/b7-5+. The summed E-state index contributed by atoms with van der Waals surface area (Å²) >= 11 is 3.34. The lowest BCUT2D eigenvalue weighted by Crippen LogP contribution is -2.04. The Bertz CT molecular complexity index is 163. The predicted octanol–water partition coefficient (Wildman–Crippen LogP) is 3.38. The van der Waals surface area contributed by atoms with E-state index < -0.39 is 0 Å². The third-order valence-electron chi connectivity index (χ3n) is 1.01. The van der Waals surface area contributed by atoms with Crippen molar-refractivity contribution in [3.8, 4) is 0 Å². The summed E-state index contributed by atoms with van der Waals surface area (Å²) in [4.78, 5) is 0. The second-order valence-electron chi connectivity index (χ2n) is 3.23. The molecule has 0 saturated heterocycles.